The monoisotopic (exact) mass is 416 g/mol. The summed E-state index contributed by atoms with van der Waals surface area (Å²) in [6.45, 7) is 6.23. The number of hydrogen-bond donors (Lipinski definition) is 1. The smallest absolute Gasteiger partial charge is 0.244 e. The maximum atomic E-state index is 12.3. The summed E-state index contributed by atoms with van der Waals surface area (Å²) in [7, 11) is 1.63. The molecule has 1 atom stereocenters. The quantitative estimate of drug-likeness (QED) is 0.665. The number of hydrogen-bond acceptors (Lipinski definition) is 2. The van der Waals surface area contributed by atoms with E-state index in [0.29, 0.717) is 6.04 Å². The van der Waals surface area contributed by atoms with E-state index in [-0.39, 0.29) is 11.9 Å². The van der Waals surface area contributed by atoms with Gasteiger partial charge in [0.25, 0.3) is 0 Å². The lowest BCUT2D eigenvalue weighted by Gasteiger charge is -2.14. The van der Waals surface area contributed by atoms with Crippen molar-refractivity contribution in [2.45, 2.75) is 45.7 Å². The van der Waals surface area contributed by atoms with Gasteiger partial charge in [-0.3, -0.25) is 4.79 Å². The highest BCUT2D eigenvalue weighted by atomic mass is 79.9. The Kier molecular flexibility index (Phi) is 5.56. The van der Waals surface area contributed by atoms with Gasteiger partial charge in [-0.2, -0.15) is 0 Å². The van der Waals surface area contributed by atoms with Crippen LogP contribution in [0.4, 0.5) is 0 Å². The van der Waals surface area contributed by atoms with Gasteiger partial charge in [-0.25, -0.2) is 0 Å². The third kappa shape index (κ3) is 4.04. The average Bonchev–Trinajstić information content (AvgIpc) is 3.38. The van der Waals surface area contributed by atoms with E-state index in [9.17, 15) is 4.79 Å². The van der Waals surface area contributed by atoms with Crippen LogP contribution in [0.3, 0.4) is 0 Å². The van der Waals surface area contributed by atoms with E-state index in [1.54, 1.807) is 13.2 Å². The third-order valence-corrected chi connectivity index (χ3v) is 5.50. The first-order chi connectivity index (χ1) is 12.4. The van der Waals surface area contributed by atoms with Crippen molar-refractivity contribution in [3.8, 4) is 5.75 Å². The minimum atomic E-state index is -0.0966. The van der Waals surface area contributed by atoms with E-state index in [1.807, 2.05) is 31.2 Å². The van der Waals surface area contributed by atoms with E-state index < -0.39 is 0 Å². The lowest BCUT2D eigenvalue weighted by Crippen LogP contribution is -2.24. The second-order valence-corrected chi connectivity index (χ2v) is 7.74. The molecule has 1 heterocycles. The highest BCUT2D eigenvalue weighted by Gasteiger charge is 2.26. The Balaban J connectivity index is 1.66. The molecule has 1 aliphatic carbocycles. The Hall–Kier alpha value is -2.01. The van der Waals surface area contributed by atoms with Crippen molar-refractivity contribution < 1.29 is 9.53 Å². The normalized spacial score (nSPS) is 15.3. The Bertz CT molecular complexity index is 850. The molecular formula is C21H25BrN2O2. The van der Waals surface area contributed by atoms with Crippen molar-refractivity contribution in [2.24, 2.45) is 0 Å². The molecule has 2 aromatic rings. The molecule has 1 aromatic carbocycles. The van der Waals surface area contributed by atoms with Crippen molar-refractivity contribution >= 4 is 27.9 Å². The second kappa shape index (κ2) is 7.70. The number of rotatable bonds is 6. The molecule has 3 rings (SSSR count). The van der Waals surface area contributed by atoms with Gasteiger partial charge in [-0.15, -0.1) is 0 Å². The van der Waals surface area contributed by atoms with Crippen LogP contribution < -0.4 is 10.1 Å². The fourth-order valence-electron chi connectivity index (χ4n) is 3.33. The van der Waals surface area contributed by atoms with Gasteiger partial charge in [-0.1, -0.05) is 6.07 Å². The molecule has 5 heteroatoms. The number of aromatic nitrogens is 1. The van der Waals surface area contributed by atoms with Gasteiger partial charge in [0.15, 0.2) is 0 Å². The summed E-state index contributed by atoms with van der Waals surface area (Å²) in [6, 6.07) is 8.54. The standard InChI is InChI=1S/C21H25BrN2O2/c1-13-11-17(15(3)24(13)18-7-8-18)6-10-21(25)23-14(2)16-5-9-20(26-4)19(22)12-16/h5-6,9-12,14,18H,7-8H2,1-4H3,(H,23,25)/b10-6+/t14-/m1/s1. The molecule has 0 bridgehead atoms. The largest absolute Gasteiger partial charge is 0.496 e. The molecular weight excluding hydrogens is 392 g/mol. The molecule has 1 aromatic heterocycles. The number of methoxy groups -OCH3 is 1. The lowest BCUT2D eigenvalue weighted by molar-refractivity contribution is -0.117. The summed E-state index contributed by atoms with van der Waals surface area (Å²) in [5.74, 6) is 0.679. The first kappa shape index (κ1) is 18.8. The van der Waals surface area contributed by atoms with Gasteiger partial charge in [-0.05, 0) is 84.9 Å². The van der Waals surface area contributed by atoms with Crippen molar-refractivity contribution in [2.75, 3.05) is 7.11 Å². The summed E-state index contributed by atoms with van der Waals surface area (Å²) in [4.78, 5) is 12.3. The van der Waals surface area contributed by atoms with E-state index in [2.05, 4.69) is 45.7 Å². The predicted octanol–water partition coefficient (Wildman–Crippen LogP) is 5.10. The molecule has 0 unspecified atom stereocenters. The van der Waals surface area contributed by atoms with E-state index in [0.717, 1.165) is 21.3 Å². The Morgan fingerprint density at radius 1 is 1.35 bits per heavy atom. The zero-order valence-corrected chi connectivity index (χ0v) is 17.3. The lowest BCUT2D eigenvalue weighted by atomic mass is 10.1. The summed E-state index contributed by atoms with van der Waals surface area (Å²) >= 11 is 3.48. The molecule has 1 fully saturated rings. The van der Waals surface area contributed by atoms with Crippen molar-refractivity contribution in [3.05, 3.63) is 57.3 Å². The number of carbonyl (C=O) groups excluding carboxylic acids is 1. The summed E-state index contributed by atoms with van der Waals surface area (Å²) in [5, 5.41) is 3.01. The predicted molar refractivity (Wildman–Crippen MR) is 108 cm³/mol. The minimum Gasteiger partial charge on any atom is -0.496 e. The van der Waals surface area contributed by atoms with Crippen LogP contribution in [0.15, 0.2) is 34.8 Å². The van der Waals surface area contributed by atoms with Crippen LogP contribution in [0.25, 0.3) is 6.08 Å². The van der Waals surface area contributed by atoms with Gasteiger partial charge in [0.05, 0.1) is 17.6 Å². The number of halogens is 1. The fraction of sp³-hybridized carbons (Fsp3) is 0.381. The molecule has 4 nitrogen and oxygen atoms in total. The Morgan fingerprint density at radius 2 is 2.08 bits per heavy atom. The number of ether oxygens (including phenoxy) is 1. The maximum Gasteiger partial charge on any atom is 0.244 e. The van der Waals surface area contributed by atoms with Crippen LogP contribution in [-0.4, -0.2) is 17.6 Å². The first-order valence-corrected chi connectivity index (χ1v) is 9.70. The number of benzene rings is 1. The Morgan fingerprint density at radius 3 is 2.69 bits per heavy atom. The zero-order valence-electron chi connectivity index (χ0n) is 15.7. The molecule has 1 saturated carbocycles. The molecule has 0 spiro atoms. The number of carbonyl (C=O) groups is 1. The number of aryl methyl sites for hydroxylation is 1. The fourth-order valence-corrected chi connectivity index (χ4v) is 3.89. The minimum absolute atomic E-state index is 0.0896. The molecule has 26 heavy (non-hydrogen) atoms. The van der Waals surface area contributed by atoms with Gasteiger partial charge < -0.3 is 14.6 Å². The number of nitrogens with zero attached hydrogens (tertiary/aromatic N) is 1. The van der Waals surface area contributed by atoms with Crippen LogP contribution in [-0.2, 0) is 4.79 Å². The van der Waals surface area contributed by atoms with Crippen molar-refractivity contribution in [1.29, 1.82) is 0 Å². The van der Waals surface area contributed by atoms with E-state index in [1.165, 1.54) is 24.2 Å². The zero-order chi connectivity index (χ0) is 18.8. The molecule has 0 saturated heterocycles. The summed E-state index contributed by atoms with van der Waals surface area (Å²) in [5.41, 5.74) is 4.64. The Labute approximate surface area is 163 Å². The van der Waals surface area contributed by atoms with Crippen LogP contribution in [0.5, 0.6) is 5.75 Å². The van der Waals surface area contributed by atoms with Crippen LogP contribution in [0.2, 0.25) is 0 Å². The molecule has 138 valence electrons. The van der Waals surface area contributed by atoms with Gasteiger partial charge in [0.2, 0.25) is 5.91 Å². The first-order valence-electron chi connectivity index (χ1n) is 8.91. The van der Waals surface area contributed by atoms with Crippen molar-refractivity contribution in [1.82, 2.24) is 9.88 Å². The molecule has 0 radical (unpaired) electrons. The van der Waals surface area contributed by atoms with Gasteiger partial charge >= 0.3 is 0 Å². The molecule has 1 N–H and O–H groups in total. The average molecular weight is 417 g/mol. The van der Waals surface area contributed by atoms with Gasteiger partial charge in [0.1, 0.15) is 5.75 Å². The number of amides is 1. The molecule has 0 aliphatic heterocycles. The van der Waals surface area contributed by atoms with Crippen molar-refractivity contribution in [3.63, 3.8) is 0 Å². The molecule has 1 aliphatic rings. The highest BCUT2D eigenvalue weighted by Crippen LogP contribution is 2.38. The van der Waals surface area contributed by atoms with E-state index in [4.69, 9.17) is 4.74 Å². The topological polar surface area (TPSA) is 43.3 Å². The third-order valence-electron chi connectivity index (χ3n) is 4.88. The van der Waals surface area contributed by atoms with Gasteiger partial charge in [0, 0.05) is 23.5 Å². The SMILES string of the molecule is COc1ccc([C@@H](C)NC(=O)/C=C/c2cc(C)n(C3CC3)c2C)cc1Br. The highest BCUT2D eigenvalue weighted by molar-refractivity contribution is 9.10. The van der Waals surface area contributed by atoms with E-state index >= 15 is 0 Å². The van der Waals surface area contributed by atoms with Crippen LogP contribution >= 0.6 is 15.9 Å². The number of nitrogens with one attached hydrogen (secondary N) is 1. The summed E-state index contributed by atoms with van der Waals surface area (Å²) < 4.78 is 8.51. The van der Waals surface area contributed by atoms with Crippen LogP contribution in [0.1, 0.15) is 54.4 Å². The second-order valence-electron chi connectivity index (χ2n) is 6.89. The van der Waals surface area contributed by atoms with Crippen LogP contribution in [0, 0.1) is 13.8 Å². The molecule has 1 amide bonds. The maximum absolute atomic E-state index is 12.3. The summed E-state index contributed by atoms with van der Waals surface area (Å²) in [6.07, 6.45) is 6.05.